The van der Waals surface area contributed by atoms with Crippen molar-refractivity contribution < 1.29 is 9.59 Å². The number of hydrogen-bond donors (Lipinski definition) is 2. The predicted octanol–water partition coefficient (Wildman–Crippen LogP) is 0.273. The van der Waals surface area contributed by atoms with E-state index in [1.165, 1.54) is 11.8 Å². The summed E-state index contributed by atoms with van der Waals surface area (Å²) in [4.78, 5) is 29.6. The lowest BCUT2D eigenvalue weighted by Gasteiger charge is -2.23. The van der Waals surface area contributed by atoms with Crippen LogP contribution in [0.5, 0.6) is 0 Å². The van der Waals surface area contributed by atoms with E-state index in [4.69, 9.17) is 11.0 Å². The lowest BCUT2D eigenvalue weighted by molar-refractivity contribution is -0.132. The third-order valence-electron chi connectivity index (χ3n) is 3.75. The fourth-order valence-electron chi connectivity index (χ4n) is 2.48. The quantitative estimate of drug-likeness (QED) is 0.732. The Hall–Kier alpha value is -2.11. The van der Waals surface area contributed by atoms with Gasteiger partial charge in [-0.05, 0) is 24.5 Å². The number of carbonyl (C=O) groups is 2. The second-order valence-corrected chi connectivity index (χ2v) is 6.61. The standard InChI is InChI=1S/C16H21N5O2S/c17-7-13-4-2-6-21(13)16(23)14(18)10-24-11-15(22)20-9-12-3-1-5-19-8-12/h1,3,5,8,13-14H,2,4,6,9-11,18H2,(H,20,22)/t13-,14-/m0/s1. The van der Waals surface area contributed by atoms with E-state index >= 15 is 0 Å². The van der Waals surface area contributed by atoms with E-state index in [0.29, 0.717) is 25.3 Å². The van der Waals surface area contributed by atoms with Crippen LogP contribution in [0.1, 0.15) is 18.4 Å². The maximum Gasteiger partial charge on any atom is 0.241 e. The molecule has 0 unspecified atom stereocenters. The van der Waals surface area contributed by atoms with Gasteiger partial charge in [0.1, 0.15) is 6.04 Å². The van der Waals surface area contributed by atoms with Crippen molar-refractivity contribution >= 4 is 23.6 Å². The lowest BCUT2D eigenvalue weighted by atomic mass is 10.2. The summed E-state index contributed by atoms with van der Waals surface area (Å²) in [5.74, 6) is 0.276. The van der Waals surface area contributed by atoms with Crippen LogP contribution in [-0.2, 0) is 16.1 Å². The van der Waals surface area contributed by atoms with Gasteiger partial charge < -0.3 is 16.0 Å². The molecule has 1 aliphatic heterocycles. The normalized spacial score (nSPS) is 18.0. The van der Waals surface area contributed by atoms with E-state index in [9.17, 15) is 9.59 Å². The first kappa shape index (κ1) is 18.2. The molecule has 24 heavy (non-hydrogen) atoms. The van der Waals surface area contributed by atoms with E-state index in [2.05, 4.69) is 16.4 Å². The molecule has 0 bridgehead atoms. The van der Waals surface area contributed by atoms with Gasteiger partial charge in [-0.1, -0.05) is 6.07 Å². The van der Waals surface area contributed by atoms with Crippen LogP contribution in [0.2, 0.25) is 0 Å². The second kappa shape index (κ2) is 9.25. The van der Waals surface area contributed by atoms with Crippen molar-refractivity contribution in [1.82, 2.24) is 15.2 Å². The Morgan fingerprint density at radius 3 is 3.12 bits per heavy atom. The van der Waals surface area contributed by atoms with E-state index in [-0.39, 0.29) is 23.6 Å². The Kier molecular flexibility index (Phi) is 7.03. The largest absolute Gasteiger partial charge is 0.351 e. The van der Waals surface area contributed by atoms with Gasteiger partial charge in [-0.2, -0.15) is 5.26 Å². The van der Waals surface area contributed by atoms with Gasteiger partial charge in [0.15, 0.2) is 0 Å². The molecule has 1 aliphatic rings. The fourth-order valence-corrected chi connectivity index (χ4v) is 3.28. The number of amides is 2. The van der Waals surface area contributed by atoms with Gasteiger partial charge in [0, 0.05) is 31.2 Å². The number of nitrogens with one attached hydrogen (secondary N) is 1. The van der Waals surface area contributed by atoms with Gasteiger partial charge in [-0.25, -0.2) is 0 Å². The third kappa shape index (κ3) is 5.22. The maximum absolute atomic E-state index is 12.2. The summed E-state index contributed by atoms with van der Waals surface area (Å²) in [5.41, 5.74) is 6.83. The van der Waals surface area contributed by atoms with Gasteiger partial charge in [0.25, 0.3) is 0 Å². The van der Waals surface area contributed by atoms with E-state index in [0.717, 1.165) is 12.0 Å². The molecule has 8 heteroatoms. The van der Waals surface area contributed by atoms with Crippen molar-refractivity contribution in [3.05, 3.63) is 30.1 Å². The highest BCUT2D eigenvalue weighted by molar-refractivity contribution is 8.00. The highest BCUT2D eigenvalue weighted by atomic mass is 32.2. The Bertz CT molecular complexity index is 604. The molecule has 0 aliphatic carbocycles. The van der Waals surface area contributed by atoms with Crippen LogP contribution < -0.4 is 11.1 Å². The average Bonchev–Trinajstić information content (AvgIpc) is 3.08. The average molecular weight is 347 g/mol. The van der Waals surface area contributed by atoms with Gasteiger partial charge in [-0.15, -0.1) is 11.8 Å². The van der Waals surface area contributed by atoms with Crippen LogP contribution in [-0.4, -0.2) is 51.8 Å². The highest BCUT2D eigenvalue weighted by Crippen LogP contribution is 2.18. The zero-order valence-corrected chi connectivity index (χ0v) is 14.2. The second-order valence-electron chi connectivity index (χ2n) is 5.58. The molecule has 2 atom stereocenters. The van der Waals surface area contributed by atoms with Gasteiger partial charge in [-0.3, -0.25) is 14.6 Å². The fraction of sp³-hybridized carbons (Fsp3) is 0.500. The van der Waals surface area contributed by atoms with Gasteiger partial charge >= 0.3 is 0 Å². The van der Waals surface area contributed by atoms with Crippen molar-refractivity contribution in [2.75, 3.05) is 18.1 Å². The number of nitriles is 1. The van der Waals surface area contributed by atoms with Crippen LogP contribution in [0.3, 0.4) is 0 Å². The van der Waals surface area contributed by atoms with Crippen molar-refractivity contribution in [1.29, 1.82) is 5.26 Å². The van der Waals surface area contributed by atoms with Crippen LogP contribution in [0.15, 0.2) is 24.5 Å². The summed E-state index contributed by atoms with van der Waals surface area (Å²) in [5, 5.41) is 11.8. The van der Waals surface area contributed by atoms with Crippen molar-refractivity contribution in [3.63, 3.8) is 0 Å². The molecule has 1 fully saturated rings. The van der Waals surface area contributed by atoms with E-state index in [1.54, 1.807) is 17.3 Å². The SMILES string of the molecule is N#C[C@@H]1CCCN1C(=O)[C@@H](N)CSCC(=O)NCc1cccnc1. The van der Waals surface area contributed by atoms with Gasteiger partial charge in [0.05, 0.1) is 17.9 Å². The molecule has 0 radical (unpaired) electrons. The number of aromatic nitrogens is 1. The first-order chi connectivity index (χ1) is 11.6. The lowest BCUT2D eigenvalue weighted by Crippen LogP contribution is -2.47. The van der Waals surface area contributed by atoms with Crippen LogP contribution in [0.4, 0.5) is 0 Å². The Morgan fingerprint density at radius 2 is 2.42 bits per heavy atom. The molecule has 1 aromatic heterocycles. The number of rotatable bonds is 7. The summed E-state index contributed by atoms with van der Waals surface area (Å²) < 4.78 is 0. The monoisotopic (exact) mass is 347 g/mol. The van der Waals surface area contributed by atoms with Crippen molar-refractivity contribution in [3.8, 4) is 6.07 Å². The smallest absolute Gasteiger partial charge is 0.241 e. The highest BCUT2D eigenvalue weighted by Gasteiger charge is 2.31. The molecule has 0 spiro atoms. The Balaban J connectivity index is 1.66. The number of hydrogen-bond acceptors (Lipinski definition) is 6. The summed E-state index contributed by atoms with van der Waals surface area (Å²) in [6, 6.07) is 4.78. The Labute approximate surface area is 145 Å². The molecule has 2 amide bonds. The molecule has 2 rings (SSSR count). The number of nitrogens with two attached hydrogens (primary N) is 1. The van der Waals surface area contributed by atoms with Gasteiger partial charge in [0.2, 0.25) is 11.8 Å². The molecule has 1 saturated heterocycles. The molecule has 0 aromatic carbocycles. The zero-order chi connectivity index (χ0) is 17.4. The summed E-state index contributed by atoms with van der Waals surface area (Å²) in [6.45, 7) is 1.01. The number of nitrogens with zero attached hydrogens (tertiary/aromatic N) is 3. The molecule has 0 saturated carbocycles. The first-order valence-electron chi connectivity index (χ1n) is 7.81. The maximum atomic E-state index is 12.2. The molecular weight excluding hydrogens is 326 g/mol. The van der Waals surface area contributed by atoms with Crippen LogP contribution in [0.25, 0.3) is 0 Å². The minimum absolute atomic E-state index is 0.112. The third-order valence-corrected chi connectivity index (χ3v) is 4.81. The zero-order valence-electron chi connectivity index (χ0n) is 13.4. The number of pyridine rings is 1. The number of likely N-dealkylation sites (tertiary alicyclic amines) is 1. The first-order valence-corrected chi connectivity index (χ1v) is 8.96. The molecule has 1 aromatic rings. The van der Waals surface area contributed by atoms with E-state index < -0.39 is 6.04 Å². The number of thioether (sulfide) groups is 1. The molecule has 7 nitrogen and oxygen atoms in total. The summed E-state index contributed by atoms with van der Waals surface area (Å²) >= 11 is 1.32. The molecule has 3 N–H and O–H groups in total. The molecule has 2 heterocycles. The minimum Gasteiger partial charge on any atom is -0.351 e. The minimum atomic E-state index is -0.685. The van der Waals surface area contributed by atoms with Crippen molar-refractivity contribution in [2.45, 2.75) is 31.5 Å². The summed E-state index contributed by atoms with van der Waals surface area (Å²) in [6.07, 6.45) is 4.92. The van der Waals surface area contributed by atoms with Crippen molar-refractivity contribution in [2.24, 2.45) is 5.73 Å². The predicted molar refractivity (Wildman–Crippen MR) is 91.7 cm³/mol. The van der Waals surface area contributed by atoms with Crippen LogP contribution in [0, 0.1) is 11.3 Å². The molecular formula is C16H21N5O2S. The van der Waals surface area contributed by atoms with E-state index in [1.807, 2.05) is 12.1 Å². The number of carbonyl (C=O) groups excluding carboxylic acids is 2. The summed E-state index contributed by atoms with van der Waals surface area (Å²) in [7, 11) is 0. The molecule has 128 valence electrons. The Morgan fingerprint density at radius 1 is 1.58 bits per heavy atom. The van der Waals surface area contributed by atoms with Crippen LogP contribution >= 0.6 is 11.8 Å². The topological polar surface area (TPSA) is 112 Å².